The van der Waals surface area contributed by atoms with Crippen molar-refractivity contribution < 1.29 is 9.53 Å². The van der Waals surface area contributed by atoms with Crippen molar-refractivity contribution in [3.8, 4) is 12.3 Å². The molecule has 3 nitrogen and oxygen atoms in total. The van der Waals surface area contributed by atoms with Gasteiger partial charge in [-0.3, -0.25) is 4.90 Å². The van der Waals surface area contributed by atoms with Gasteiger partial charge in [0.2, 0.25) is 0 Å². The third-order valence-electron chi connectivity index (χ3n) is 3.44. The molecule has 3 heteroatoms. The summed E-state index contributed by atoms with van der Waals surface area (Å²) >= 11 is 0. The minimum atomic E-state index is -0.310. The first-order valence-corrected chi connectivity index (χ1v) is 5.24. The Labute approximate surface area is 90.1 Å². The number of hydrogen-bond donors (Lipinski definition) is 0. The van der Waals surface area contributed by atoms with E-state index in [2.05, 4.69) is 12.5 Å². The SMILES string of the molecule is C#CC1N(C(=O)OCC=C)CC12CCC2. The van der Waals surface area contributed by atoms with E-state index >= 15 is 0 Å². The smallest absolute Gasteiger partial charge is 0.411 e. The van der Waals surface area contributed by atoms with Gasteiger partial charge >= 0.3 is 6.09 Å². The van der Waals surface area contributed by atoms with Crippen LogP contribution in [0.5, 0.6) is 0 Å². The van der Waals surface area contributed by atoms with Gasteiger partial charge in [0, 0.05) is 12.0 Å². The molecule has 1 saturated carbocycles. The molecule has 15 heavy (non-hydrogen) atoms. The standard InChI is InChI=1S/C12H15NO2/c1-3-8-15-11(14)13-9-12(6-5-7-12)10(13)4-2/h2-3,10H,1,5-9H2. The Bertz CT molecular complexity index is 325. The summed E-state index contributed by atoms with van der Waals surface area (Å²) in [6.07, 6.45) is 10.2. The van der Waals surface area contributed by atoms with Crippen LogP contribution in [0.1, 0.15) is 19.3 Å². The van der Waals surface area contributed by atoms with Crippen molar-refractivity contribution in [3.05, 3.63) is 12.7 Å². The van der Waals surface area contributed by atoms with E-state index in [1.54, 1.807) is 11.0 Å². The van der Waals surface area contributed by atoms with Crippen molar-refractivity contribution in [2.24, 2.45) is 5.41 Å². The highest BCUT2D eigenvalue weighted by atomic mass is 16.6. The summed E-state index contributed by atoms with van der Waals surface area (Å²) in [6.45, 7) is 4.51. The molecule has 1 spiro atoms. The van der Waals surface area contributed by atoms with Crippen LogP contribution in [0.4, 0.5) is 4.79 Å². The van der Waals surface area contributed by atoms with Crippen LogP contribution >= 0.6 is 0 Å². The zero-order chi connectivity index (χ0) is 10.9. The van der Waals surface area contributed by atoms with Crippen LogP contribution in [0.2, 0.25) is 0 Å². The minimum absolute atomic E-state index is 0.0523. The van der Waals surface area contributed by atoms with Gasteiger partial charge in [-0.1, -0.05) is 25.0 Å². The molecule has 1 aliphatic heterocycles. The summed E-state index contributed by atoms with van der Waals surface area (Å²) in [7, 11) is 0. The van der Waals surface area contributed by atoms with Gasteiger partial charge in [0.1, 0.15) is 12.6 Å². The van der Waals surface area contributed by atoms with Gasteiger partial charge in [0.25, 0.3) is 0 Å². The maximum Gasteiger partial charge on any atom is 0.411 e. The molecule has 1 atom stereocenters. The van der Waals surface area contributed by atoms with Crippen LogP contribution in [0.25, 0.3) is 0 Å². The number of amides is 1. The van der Waals surface area contributed by atoms with Crippen LogP contribution < -0.4 is 0 Å². The first-order valence-electron chi connectivity index (χ1n) is 5.24. The molecular weight excluding hydrogens is 190 g/mol. The molecule has 1 heterocycles. The molecule has 0 radical (unpaired) electrons. The maximum absolute atomic E-state index is 11.5. The predicted octanol–water partition coefficient (Wildman–Crippen LogP) is 1.80. The Hall–Kier alpha value is -1.43. The summed E-state index contributed by atoms with van der Waals surface area (Å²) in [5.41, 5.74) is 0.224. The second kappa shape index (κ2) is 3.62. The topological polar surface area (TPSA) is 29.5 Å². The van der Waals surface area contributed by atoms with Crippen LogP contribution in [-0.4, -0.2) is 30.2 Å². The van der Waals surface area contributed by atoms with Crippen molar-refractivity contribution in [1.29, 1.82) is 0 Å². The third-order valence-corrected chi connectivity index (χ3v) is 3.44. The molecule has 0 N–H and O–H groups in total. The quantitative estimate of drug-likeness (QED) is 0.508. The lowest BCUT2D eigenvalue weighted by molar-refractivity contribution is -0.0842. The Morgan fingerprint density at radius 1 is 1.73 bits per heavy atom. The van der Waals surface area contributed by atoms with Gasteiger partial charge in [0.05, 0.1) is 0 Å². The molecule has 1 aliphatic carbocycles. The van der Waals surface area contributed by atoms with Gasteiger partial charge in [-0.2, -0.15) is 0 Å². The second-order valence-corrected chi connectivity index (χ2v) is 4.28. The average molecular weight is 205 g/mol. The van der Waals surface area contributed by atoms with Crippen molar-refractivity contribution in [2.75, 3.05) is 13.2 Å². The van der Waals surface area contributed by atoms with E-state index in [4.69, 9.17) is 11.2 Å². The van der Waals surface area contributed by atoms with E-state index in [-0.39, 0.29) is 24.2 Å². The number of likely N-dealkylation sites (tertiary alicyclic amines) is 1. The van der Waals surface area contributed by atoms with Crippen molar-refractivity contribution in [3.63, 3.8) is 0 Å². The van der Waals surface area contributed by atoms with E-state index in [1.165, 1.54) is 6.42 Å². The summed E-state index contributed by atoms with van der Waals surface area (Å²) in [5.74, 6) is 2.70. The highest BCUT2D eigenvalue weighted by molar-refractivity contribution is 5.70. The fourth-order valence-electron chi connectivity index (χ4n) is 2.45. The molecule has 2 rings (SSSR count). The molecule has 2 aliphatic rings. The molecule has 1 amide bonds. The summed E-state index contributed by atoms with van der Waals surface area (Å²) in [6, 6.07) is -0.0523. The monoisotopic (exact) mass is 205 g/mol. The van der Waals surface area contributed by atoms with Gasteiger partial charge in [-0.25, -0.2) is 4.79 Å². The number of hydrogen-bond acceptors (Lipinski definition) is 2. The fraction of sp³-hybridized carbons (Fsp3) is 0.583. The number of rotatable bonds is 2. The van der Waals surface area contributed by atoms with E-state index in [0.29, 0.717) is 0 Å². The van der Waals surface area contributed by atoms with Crippen LogP contribution in [0.15, 0.2) is 12.7 Å². The molecule has 80 valence electrons. The van der Waals surface area contributed by atoms with E-state index in [0.717, 1.165) is 19.4 Å². The normalized spacial score (nSPS) is 26.1. The summed E-state index contributed by atoms with van der Waals surface area (Å²) < 4.78 is 4.96. The molecule has 0 aromatic carbocycles. The first kappa shape index (κ1) is 10.1. The Balaban J connectivity index is 1.93. The van der Waals surface area contributed by atoms with E-state index < -0.39 is 0 Å². The number of carbonyl (C=O) groups excluding carboxylic acids is 1. The maximum atomic E-state index is 11.5. The summed E-state index contributed by atoms with van der Waals surface area (Å²) in [5, 5.41) is 0. The van der Waals surface area contributed by atoms with Crippen LogP contribution in [0.3, 0.4) is 0 Å². The highest BCUT2D eigenvalue weighted by Crippen LogP contribution is 2.52. The van der Waals surface area contributed by atoms with Crippen molar-refractivity contribution in [2.45, 2.75) is 25.3 Å². The zero-order valence-corrected chi connectivity index (χ0v) is 8.74. The van der Waals surface area contributed by atoms with Crippen molar-refractivity contribution >= 4 is 6.09 Å². The highest BCUT2D eigenvalue weighted by Gasteiger charge is 2.57. The predicted molar refractivity (Wildman–Crippen MR) is 57.2 cm³/mol. The number of terminal acetylenes is 1. The fourth-order valence-corrected chi connectivity index (χ4v) is 2.45. The number of ether oxygens (including phenoxy) is 1. The Kier molecular flexibility index (Phi) is 2.44. The molecular formula is C12H15NO2. The van der Waals surface area contributed by atoms with Gasteiger partial charge in [-0.05, 0) is 12.8 Å². The molecule has 2 fully saturated rings. The molecule has 1 unspecified atom stereocenters. The number of carbonyl (C=O) groups is 1. The molecule has 0 bridgehead atoms. The van der Waals surface area contributed by atoms with Crippen LogP contribution in [-0.2, 0) is 4.74 Å². The minimum Gasteiger partial charge on any atom is -0.445 e. The second-order valence-electron chi connectivity index (χ2n) is 4.28. The van der Waals surface area contributed by atoms with E-state index in [1.807, 2.05) is 0 Å². The third kappa shape index (κ3) is 1.41. The lowest BCUT2D eigenvalue weighted by Crippen LogP contribution is -2.68. The zero-order valence-electron chi connectivity index (χ0n) is 8.74. The largest absolute Gasteiger partial charge is 0.445 e. The first-order chi connectivity index (χ1) is 7.23. The average Bonchev–Trinajstić information content (AvgIpc) is 2.11. The Morgan fingerprint density at radius 2 is 2.47 bits per heavy atom. The van der Waals surface area contributed by atoms with Gasteiger partial charge in [0.15, 0.2) is 0 Å². The Morgan fingerprint density at radius 3 is 2.93 bits per heavy atom. The molecule has 0 aromatic rings. The number of nitrogens with zero attached hydrogens (tertiary/aromatic N) is 1. The van der Waals surface area contributed by atoms with Crippen LogP contribution in [0, 0.1) is 17.8 Å². The van der Waals surface area contributed by atoms with Crippen molar-refractivity contribution in [1.82, 2.24) is 4.90 Å². The lowest BCUT2D eigenvalue weighted by atomic mass is 9.58. The lowest BCUT2D eigenvalue weighted by Gasteiger charge is -2.59. The van der Waals surface area contributed by atoms with E-state index in [9.17, 15) is 4.79 Å². The van der Waals surface area contributed by atoms with Gasteiger partial charge < -0.3 is 4.74 Å². The van der Waals surface area contributed by atoms with Gasteiger partial charge in [-0.15, -0.1) is 6.42 Å². The molecule has 0 aromatic heterocycles. The molecule has 1 saturated heterocycles. The summed E-state index contributed by atoms with van der Waals surface area (Å²) in [4.78, 5) is 13.2.